The zero-order chi connectivity index (χ0) is 7.65. The molecule has 0 aromatic carbocycles. The number of aliphatic hydroxyl groups is 1. The molecule has 0 aromatic rings. The first-order valence-corrected chi connectivity index (χ1v) is 2.61. The number of hydrogen-bond donors (Lipinski definition) is 2. The lowest BCUT2D eigenvalue weighted by Crippen LogP contribution is -2.46. The van der Waals surface area contributed by atoms with Crippen LogP contribution in [0.15, 0.2) is 0 Å². The third kappa shape index (κ3) is 2.43. The number of nitrogens with two attached hydrogens (primary N) is 1. The molecule has 0 saturated heterocycles. The van der Waals surface area contributed by atoms with Gasteiger partial charge in [0.2, 0.25) is 0 Å². The van der Waals surface area contributed by atoms with E-state index in [1.54, 1.807) is 0 Å². The highest BCUT2D eigenvalue weighted by Gasteiger charge is 2.25. The maximum Gasteiger partial charge on any atom is 0.267 e. The van der Waals surface area contributed by atoms with Crippen LogP contribution >= 0.6 is 0 Å². The smallest absolute Gasteiger partial charge is 0.267 e. The summed E-state index contributed by atoms with van der Waals surface area (Å²) in [5, 5.41) is 9.85. The topological polar surface area (TPSA) is 66.6 Å². The van der Waals surface area contributed by atoms with Gasteiger partial charge in [-0.05, 0) is 13.8 Å². The van der Waals surface area contributed by atoms with Gasteiger partial charge in [0, 0.05) is 7.05 Å². The number of carbonyl (C=O) groups is 1. The van der Waals surface area contributed by atoms with Crippen molar-refractivity contribution in [3.8, 4) is 0 Å². The van der Waals surface area contributed by atoms with E-state index >= 15 is 0 Å². The standard InChI is InChI=1S/C5H12N2O2/c1-5(2,9)4(8)7(3)6/h9H,6H2,1-3H3. The van der Waals surface area contributed by atoms with Crippen molar-refractivity contribution < 1.29 is 9.90 Å². The second kappa shape index (κ2) is 2.33. The van der Waals surface area contributed by atoms with Gasteiger partial charge in [-0.2, -0.15) is 0 Å². The van der Waals surface area contributed by atoms with Crippen molar-refractivity contribution >= 4 is 5.91 Å². The Hall–Kier alpha value is -0.610. The van der Waals surface area contributed by atoms with Crippen molar-refractivity contribution in [3.05, 3.63) is 0 Å². The predicted octanol–water partition coefficient (Wildman–Crippen LogP) is -0.911. The molecule has 4 nitrogen and oxygen atoms in total. The number of nitrogens with zero attached hydrogens (tertiary/aromatic N) is 1. The van der Waals surface area contributed by atoms with E-state index in [2.05, 4.69) is 0 Å². The fourth-order valence-electron chi connectivity index (χ4n) is 0.432. The number of rotatable bonds is 1. The highest BCUT2D eigenvalue weighted by Crippen LogP contribution is 2.01. The molecular formula is C5H12N2O2. The Morgan fingerprint density at radius 3 is 2.00 bits per heavy atom. The van der Waals surface area contributed by atoms with Crippen LogP contribution in [-0.4, -0.2) is 28.7 Å². The lowest BCUT2D eigenvalue weighted by atomic mass is 10.1. The summed E-state index contributed by atoms with van der Waals surface area (Å²) in [4.78, 5) is 10.7. The highest BCUT2D eigenvalue weighted by molar-refractivity contribution is 5.83. The first kappa shape index (κ1) is 8.39. The van der Waals surface area contributed by atoms with Gasteiger partial charge in [-0.3, -0.25) is 9.80 Å². The first-order valence-electron chi connectivity index (χ1n) is 2.61. The van der Waals surface area contributed by atoms with Crippen LogP contribution in [0.5, 0.6) is 0 Å². The van der Waals surface area contributed by atoms with Gasteiger partial charge < -0.3 is 5.11 Å². The molecular weight excluding hydrogens is 120 g/mol. The molecule has 0 radical (unpaired) electrons. The van der Waals surface area contributed by atoms with E-state index in [0.717, 1.165) is 5.01 Å². The monoisotopic (exact) mass is 132 g/mol. The van der Waals surface area contributed by atoms with Gasteiger partial charge in [0.1, 0.15) is 5.60 Å². The number of carbonyl (C=O) groups excluding carboxylic acids is 1. The van der Waals surface area contributed by atoms with Gasteiger partial charge in [-0.1, -0.05) is 0 Å². The Labute approximate surface area is 54.2 Å². The number of hydrazine groups is 1. The summed E-state index contributed by atoms with van der Waals surface area (Å²) in [6.07, 6.45) is 0. The lowest BCUT2D eigenvalue weighted by Gasteiger charge is -2.20. The Morgan fingerprint density at radius 2 is 2.00 bits per heavy atom. The molecule has 0 aromatic heterocycles. The Morgan fingerprint density at radius 1 is 1.67 bits per heavy atom. The van der Waals surface area contributed by atoms with Gasteiger partial charge in [0.25, 0.3) is 5.91 Å². The van der Waals surface area contributed by atoms with Crippen LogP contribution in [-0.2, 0) is 4.79 Å². The van der Waals surface area contributed by atoms with E-state index in [4.69, 9.17) is 10.9 Å². The molecule has 3 N–H and O–H groups in total. The summed E-state index contributed by atoms with van der Waals surface area (Å²) in [5.74, 6) is 4.55. The molecule has 0 unspecified atom stereocenters. The normalized spacial score (nSPS) is 11.2. The molecule has 9 heavy (non-hydrogen) atoms. The van der Waals surface area contributed by atoms with Crippen LogP contribution in [0.1, 0.15) is 13.8 Å². The largest absolute Gasteiger partial charge is 0.381 e. The Kier molecular flexibility index (Phi) is 2.17. The molecule has 0 saturated carbocycles. The SMILES string of the molecule is CN(N)C(=O)C(C)(C)O. The van der Waals surface area contributed by atoms with Crippen LogP contribution in [0, 0.1) is 0 Å². The van der Waals surface area contributed by atoms with Crippen LogP contribution in [0.3, 0.4) is 0 Å². The van der Waals surface area contributed by atoms with Gasteiger partial charge in [0.05, 0.1) is 0 Å². The van der Waals surface area contributed by atoms with Crippen molar-refractivity contribution in [3.63, 3.8) is 0 Å². The van der Waals surface area contributed by atoms with Crippen LogP contribution in [0.25, 0.3) is 0 Å². The average molecular weight is 132 g/mol. The number of amides is 1. The second-order valence-electron chi connectivity index (χ2n) is 2.48. The Balaban J connectivity index is 4.06. The quantitative estimate of drug-likeness (QED) is 0.276. The lowest BCUT2D eigenvalue weighted by molar-refractivity contribution is -0.146. The van der Waals surface area contributed by atoms with Crippen molar-refractivity contribution in [1.29, 1.82) is 0 Å². The summed E-state index contributed by atoms with van der Waals surface area (Å²) in [7, 11) is 1.39. The predicted molar refractivity (Wildman–Crippen MR) is 33.3 cm³/mol. The molecule has 0 rings (SSSR count). The average Bonchev–Trinajstić information content (AvgIpc) is 1.62. The molecule has 0 aliphatic heterocycles. The minimum absolute atomic E-state index is 0.498. The zero-order valence-electron chi connectivity index (χ0n) is 5.88. The first-order chi connectivity index (χ1) is 3.85. The molecule has 54 valence electrons. The van der Waals surface area contributed by atoms with E-state index in [1.165, 1.54) is 20.9 Å². The highest BCUT2D eigenvalue weighted by atomic mass is 16.3. The third-order valence-corrected chi connectivity index (χ3v) is 0.844. The molecule has 0 fully saturated rings. The van der Waals surface area contributed by atoms with E-state index in [-0.39, 0.29) is 0 Å². The fourth-order valence-corrected chi connectivity index (χ4v) is 0.432. The Bertz CT molecular complexity index is 115. The molecule has 0 atom stereocenters. The molecule has 0 aliphatic rings. The molecule has 0 heterocycles. The number of hydrogen-bond acceptors (Lipinski definition) is 3. The van der Waals surface area contributed by atoms with E-state index in [0.29, 0.717) is 0 Å². The van der Waals surface area contributed by atoms with E-state index < -0.39 is 11.5 Å². The van der Waals surface area contributed by atoms with Crippen LogP contribution < -0.4 is 5.84 Å². The van der Waals surface area contributed by atoms with Gasteiger partial charge >= 0.3 is 0 Å². The summed E-state index contributed by atoms with van der Waals surface area (Å²) in [6, 6.07) is 0. The molecule has 4 heteroatoms. The van der Waals surface area contributed by atoms with Crippen molar-refractivity contribution in [1.82, 2.24) is 5.01 Å². The van der Waals surface area contributed by atoms with Gasteiger partial charge in [0.15, 0.2) is 0 Å². The van der Waals surface area contributed by atoms with Crippen LogP contribution in [0.2, 0.25) is 0 Å². The third-order valence-electron chi connectivity index (χ3n) is 0.844. The molecule has 0 bridgehead atoms. The fraction of sp³-hybridized carbons (Fsp3) is 0.800. The van der Waals surface area contributed by atoms with E-state index in [1.807, 2.05) is 0 Å². The summed E-state index contributed by atoms with van der Waals surface area (Å²) in [6.45, 7) is 2.78. The summed E-state index contributed by atoms with van der Waals surface area (Å²) < 4.78 is 0. The second-order valence-corrected chi connectivity index (χ2v) is 2.48. The summed E-state index contributed by atoms with van der Waals surface area (Å²) in [5.41, 5.74) is -1.36. The maximum atomic E-state index is 10.7. The van der Waals surface area contributed by atoms with E-state index in [9.17, 15) is 4.79 Å². The minimum Gasteiger partial charge on any atom is -0.381 e. The van der Waals surface area contributed by atoms with Crippen molar-refractivity contribution in [2.45, 2.75) is 19.4 Å². The summed E-state index contributed by atoms with van der Waals surface area (Å²) >= 11 is 0. The number of likely N-dealkylation sites (N-methyl/N-ethyl adjacent to an activating group) is 1. The van der Waals surface area contributed by atoms with Gasteiger partial charge in [-0.15, -0.1) is 0 Å². The zero-order valence-corrected chi connectivity index (χ0v) is 5.88. The van der Waals surface area contributed by atoms with Crippen molar-refractivity contribution in [2.24, 2.45) is 5.84 Å². The van der Waals surface area contributed by atoms with Crippen LogP contribution in [0.4, 0.5) is 0 Å². The molecule has 1 amide bonds. The maximum absolute atomic E-state index is 10.7. The van der Waals surface area contributed by atoms with Gasteiger partial charge in [-0.25, -0.2) is 5.84 Å². The minimum atomic E-state index is -1.36. The molecule has 0 aliphatic carbocycles. The molecule has 0 spiro atoms. The van der Waals surface area contributed by atoms with Crippen molar-refractivity contribution in [2.75, 3.05) is 7.05 Å².